The number of H-pyrrole nitrogens is 1. The molecule has 0 saturated heterocycles. The normalized spacial score (nSPS) is 10.3. The highest BCUT2D eigenvalue weighted by atomic mass is 32.1. The Labute approximate surface area is 124 Å². The first-order valence-corrected chi connectivity index (χ1v) is 6.39. The topological polar surface area (TPSA) is 116 Å². The summed E-state index contributed by atoms with van der Waals surface area (Å²) in [5.74, 6) is -0.524. The Morgan fingerprint density at radius 3 is 2.62 bits per heavy atom. The maximum absolute atomic E-state index is 11.8. The smallest absolute Gasteiger partial charge is 0.344 e. The summed E-state index contributed by atoms with van der Waals surface area (Å²) in [6, 6.07) is 5.65. The van der Waals surface area contributed by atoms with E-state index in [2.05, 4.69) is 5.10 Å². The molecule has 0 unspecified atom stereocenters. The molecule has 1 aromatic heterocycles. The maximum atomic E-state index is 11.8. The summed E-state index contributed by atoms with van der Waals surface area (Å²) in [5.41, 5.74) is 6.44. The van der Waals surface area contributed by atoms with Gasteiger partial charge in [0.25, 0.3) is 5.69 Å². The van der Waals surface area contributed by atoms with Crippen LogP contribution in [0.2, 0.25) is 0 Å². The molecule has 0 radical (unpaired) electrons. The van der Waals surface area contributed by atoms with Crippen LogP contribution in [0.5, 0.6) is 0 Å². The Bertz CT molecular complexity index is 748. The Morgan fingerprint density at radius 1 is 1.48 bits per heavy atom. The molecule has 0 bridgehead atoms. The van der Waals surface area contributed by atoms with Crippen LogP contribution >= 0.6 is 12.2 Å². The number of nitrogens with one attached hydrogen (secondary N) is 1. The number of esters is 1. The molecule has 0 amide bonds. The molecule has 2 rings (SSSR count). The monoisotopic (exact) mass is 308 g/mol. The van der Waals surface area contributed by atoms with Gasteiger partial charge in [-0.2, -0.15) is 0 Å². The number of nitro benzene ring substituents is 1. The van der Waals surface area contributed by atoms with Crippen molar-refractivity contribution in [3.05, 3.63) is 44.6 Å². The van der Waals surface area contributed by atoms with E-state index < -0.39 is 10.9 Å². The van der Waals surface area contributed by atoms with Crippen molar-refractivity contribution in [1.82, 2.24) is 9.78 Å². The van der Waals surface area contributed by atoms with Crippen molar-refractivity contribution in [2.75, 3.05) is 12.3 Å². The molecule has 0 aliphatic carbocycles. The highest BCUT2D eigenvalue weighted by Gasteiger charge is 2.19. The number of benzene rings is 1. The number of non-ortho nitro benzene ring substituents is 1. The van der Waals surface area contributed by atoms with Gasteiger partial charge in [-0.05, 0) is 19.1 Å². The van der Waals surface area contributed by atoms with Crippen LogP contribution in [0.4, 0.5) is 11.5 Å². The quantitative estimate of drug-likeness (QED) is 0.387. The molecule has 0 saturated carbocycles. The molecular weight excluding hydrogens is 296 g/mol. The zero-order valence-corrected chi connectivity index (χ0v) is 11.8. The number of anilines is 1. The van der Waals surface area contributed by atoms with Gasteiger partial charge in [-0.15, -0.1) is 0 Å². The van der Waals surface area contributed by atoms with E-state index in [9.17, 15) is 14.9 Å². The lowest BCUT2D eigenvalue weighted by Crippen LogP contribution is -2.09. The van der Waals surface area contributed by atoms with Crippen LogP contribution < -0.4 is 5.73 Å². The average Bonchev–Trinajstić information content (AvgIpc) is 2.74. The van der Waals surface area contributed by atoms with Gasteiger partial charge < -0.3 is 10.5 Å². The first kappa shape index (κ1) is 14.7. The molecular formula is C12H12N4O4S. The van der Waals surface area contributed by atoms with E-state index in [4.69, 9.17) is 22.7 Å². The molecule has 110 valence electrons. The molecule has 21 heavy (non-hydrogen) atoms. The van der Waals surface area contributed by atoms with Gasteiger partial charge in [0.05, 0.1) is 17.2 Å². The molecule has 0 spiro atoms. The number of nitro groups is 1. The summed E-state index contributed by atoms with van der Waals surface area (Å²) in [6.07, 6.45) is 0. The molecule has 0 aliphatic heterocycles. The van der Waals surface area contributed by atoms with Crippen molar-refractivity contribution in [1.29, 1.82) is 0 Å². The minimum absolute atomic E-state index is 0.0475. The lowest BCUT2D eigenvalue weighted by molar-refractivity contribution is -0.384. The van der Waals surface area contributed by atoms with Crippen molar-refractivity contribution < 1.29 is 14.5 Å². The molecule has 1 heterocycles. The highest BCUT2D eigenvalue weighted by molar-refractivity contribution is 7.71. The fourth-order valence-electron chi connectivity index (χ4n) is 1.77. The summed E-state index contributed by atoms with van der Waals surface area (Å²) in [7, 11) is 0. The fraction of sp³-hybridized carbons (Fsp3) is 0.167. The van der Waals surface area contributed by atoms with Crippen LogP contribution in [0.3, 0.4) is 0 Å². The number of nitrogens with two attached hydrogens (primary N) is 1. The van der Waals surface area contributed by atoms with E-state index in [0.29, 0.717) is 5.69 Å². The lowest BCUT2D eigenvalue weighted by Gasteiger charge is -2.05. The van der Waals surface area contributed by atoms with E-state index in [1.54, 1.807) is 6.92 Å². The number of aromatic nitrogens is 2. The molecule has 2 aromatic rings. The second-order valence-corrected chi connectivity index (χ2v) is 4.44. The van der Waals surface area contributed by atoms with Gasteiger partial charge in [0, 0.05) is 12.1 Å². The van der Waals surface area contributed by atoms with E-state index in [-0.39, 0.29) is 28.3 Å². The van der Waals surface area contributed by atoms with Gasteiger partial charge in [-0.1, -0.05) is 12.2 Å². The largest absolute Gasteiger partial charge is 0.462 e. The minimum atomic E-state index is -0.614. The predicted molar refractivity (Wildman–Crippen MR) is 78.0 cm³/mol. The Balaban J connectivity index is 2.46. The number of nitrogens with zero attached hydrogens (tertiary/aromatic N) is 2. The number of aromatic amines is 1. The van der Waals surface area contributed by atoms with Crippen molar-refractivity contribution in [2.45, 2.75) is 6.92 Å². The summed E-state index contributed by atoms with van der Waals surface area (Å²) >= 11 is 5.05. The van der Waals surface area contributed by atoms with E-state index in [0.717, 1.165) is 0 Å². The molecule has 8 nitrogen and oxygen atoms in total. The Kier molecular flexibility index (Phi) is 4.03. The molecule has 0 atom stereocenters. The van der Waals surface area contributed by atoms with Gasteiger partial charge in [-0.25, -0.2) is 9.48 Å². The van der Waals surface area contributed by atoms with E-state index >= 15 is 0 Å². The zero-order valence-electron chi connectivity index (χ0n) is 11.0. The third-order valence-corrected chi connectivity index (χ3v) is 3.03. The van der Waals surface area contributed by atoms with Crippen LogP contribution in [0.15, 0.2) is 24.3 Å². The minimum Gasteiger partial charge on any atom is -0.462 e. The summed E-state index contributed by atoms with van der Waals surface area (Å²) in [4.78, 5) is 21.9. The zero-order chi connectivity index (χ0) is 15.6. The number of hydrogen-bond acceptors (Lipinski definition) is 6. The Hall–Kier alpha value is -2.68. The van der Waals surface area contributed by atoms with E-state index in [1.165, 1.54) is 28.9 Å². The van der Waals surface area contributed by atoms with Gasteiger partial charge in [-0.3, -0.25) is 15.2 Å². The Morgan fingerprint density at radius 2 is 2.10 bits per heavy atom. The van der Waals surface area contributed by atoms with Crippen LogP contribution in [-0.4, -0.2) is 27.3 Å². The van der Waals surface area contributed by atoms with Crippen molar-refractivity contribution in [3.8, 4) is 5.69 Å². The second kappa shape index (κ2) is 5.75. The number of ether oxygens (including phenoxy) is 1. The van der Waals surface area contributed by atoms with Crippen LogP contribution in [-0.2, 0) is 4.74 Å². The number of rotatable bonds is 4. The third-order valence-electron chi connectivity index (χ3n) is 2.74. The molecule has 0 fully saturated rings. The molecule has 9 heteroatoms. The highest BCUT2D eigenvalue weighted by Crippen LogP contribution is 2.21. The maximum Gasteiger partial charge on any atom is 0.344 e. The van der Waals surface area contributed by atoms with Crippen LogP contribution in [0, 0.1) is 14.8 Å². The number of carbonyl (C=O) groups excluding carboxylic acids is 1. The average molecular weight is 308 g/mol. The second-order valence-electron chi connectivity index (χ2n) is 4.03. The first-order chi connectivity index (χ1) is 9.95. The van der Waals surface area contributed by atoms with Gasteiger partial charge in [0.1, 0.15) is 16.0 Å². The standard InChI is InChI=1S/C12H12N4O4S/c1-2-20-12(17)9-10(13)15(14-11(9)21)7-3-5-8(6-4-7)16(18)19/h3-6H,2,13H2,1H3,(H,14,21). The summed E-state index contributed by atoms with van der Waals surface area (Å²) < 4.78 is 6.40. The number of hydrogen-bond donors (Lipinski definition) is 2. The van der Waals surface area contributed by atoms with Crippen LogP contribution in [0.1, 0.15) is 17.3 Å². The van der Waals surface area contributed by atoms with Gasteiger partial charge >= 0.3 is 5.97 Å². The lowest BCUT2D eigenvalue weighted by atomic mass is 10.3. The van der Waals surface area contributed by atoms with Gasteiger partial charge in [0.2, 0.25) is 0 Å². The summed E-state index contributed by atoms with van der Waals surface area (Å²) in [5, 5.41) is 13.4. The molecule has 0 aliphatic rings. The van der Waals surface area contributed by atoms with Crippen molar-refractivity contribution >= 4 is 29.7 Å². The number of carbonyl (C=O) groups is 1. The van der Waals surface area contributed by atoms with E-state index in [1.807, 2.05) is 0 Å². The number of nitrogen functional groups attached to an aromatic ring is 1. The molecule has 1 aromatic carbocycles. The first-order valence-electron chi connectivity index (χ1n) is 5.98. The van der Waals surface area contributed by atoms with Crippen LogP contribution in [0.25, 0.3) is 5.69 Å². The fourth-order valence-corrected chi connectivity index (χ4v) is 2.05. The molecule has 3 N–H and O–H groups in total. The van der Waals surface area contributed by atoms with Gasteiger partial charge in [0.15, 0.2) is 0 Å². The third kappa shape index (κ3) is 2.77. The summed E-state index contributed by atoms with van der Waals surface area (Å²) in [6.45, 7) is 1.88. The SMILES string of the molecule is CCOC(=O)c1c(N)n(-c2ccc([N+](=O)[O-])cc2)[nH]c1=S. The predicted octanol–water partition coefficient (Wildman–Crippen LogP) is 2.20. The van der Waals surface area contributed by atoms with Crippen molar-refractivity contribution in [2.24, 2.45) is 0 Å². The van der Waals surface area contributed by atoms with Crippen molar-refractivity contribution in [3.63, 3.8) is 0 Å².